The number of nitrogens with zero attached hydrogens (tertiary/aromatic N) is 2. The monoisotopic (exact) mass is 271 g/mol. The maximum atomic E-state index is 9.68. The lowest BCUT2D eigenvalue weighted by atomic mass is 9.88. The second-order valence-corrected chi connectivity index (χ2v) is 5.80. The zero-order chi connectivity index (χ0) is 14.4. The van der Waals surface area contributed by atoms with E-state index in [-0.39, 0.29) is 0 Å². The summed E-state index contributed by atoms with van der Waals surface area (Å²) in [5, 5.41) is 12.9. The van der Waals surface area contributed by atoms with Crippen molar-refractivity contribution in [3.8, 4) is 6.07 Å². The van der Waals surface area contributed by atoms with Gasteiger partial charge < -0.3 is 4.90 Å². The minimum absolute atomic E-state index is 0.575. The molecule has 2 rings (SSSR count). The van der Waals surface area contributed by atoms with Crippen LogP contribution in [0.1, 0.15) is 37.7 Å². The molecule has 1 aromatic rings. The molecule has 0 aliphatic heterocycles. The van der Waals surface area contributed by atoms with Crippen molar-refractivity contribution in [3.63, 3.8) is 0 Å². The molecule has 1 aliphatic rings. The SMILES string of the molecule is CNC(C#N)(CCN(C)C1CCCC1)c1ccccc1. The molecular formula is C17H25N3. The molecule has 1 atom stereocenters. The van der Waals surface area contributed by atoms with Crippen molar-refractivity contribution >= 4 is 0 Å². The summed E-state index contributed by atoms with van der Waals surface area (Å²) in [6.45, 7) is 0.952. The van der Waals surface area contributed by atoms with E-state index in [1.807, 2.05) is 37.4 Å². The number of rotatable bonds is 6. The number of hydrogen-bond donors (Lipinski definition) is 1. The number of hydrogen-bond acceptors (Lipinski definition) is 3. The highest BCUT2D eigenvalue weighted by Crippen LogP contribution is 2.27. The standard InChI is InChI=1S/C17H25N3/c1-19-17(14-18,15-8-4-3-5-9-15)12-13-20(2)16-10-6-7-11-16/h3-5,8-9,16,19H,6-7,10-13H2,1-2H3. The van der Waals surface area contributed by atoms with Crippen molar-refractivity contribution in [2.45, 2.75) is 43.7 Å². The summed E-state index contributed by atoms with van der Waals surface area (Å²) in [6, 6.07) is 13.3. The molecule has 3 heteroatoms. The van der Waals surface area contributed by atoms with E-state index in [1.54, 1.807) is 0 Å². The molecule has 1 fully saturated rings. The van der Waals surface area contributed by atoms with Gasteiger partial charge >= 0.3 is 0 Å². The van der Waals surface area contributed by atoms with Gasteiger partial charge in [-0.15, -0.1) is 0 Å². The van der Waals surface area contributed by atoms with Crippen LogP contribution in [0.4, 0.5) is 0 Å². The van der Waals surface area contributed by atoms with Crippen LogP contribution in [-0.4, -0.2) is 31.6 Å². The van der Waals surface area contributed by atoms with Gasteiger partial charge in [0.2, 0.25) is 0 Å². The molecule has 0 saturated heterocycles. The Hall–Kier alpha value is -1.37. The second kappa shape index (κ2) is 6.88. The predicted molar refractivity (Wildman–Crippen MR) is 82.3 cm³/mol. The average Bonchev–Trinajstić information content (AvgIpc) is 3.04. The number of nitriles is 1. The third-order valence-electron chi connectivity index (χ3n) is 4.67. The van der Waals surface area contributed by atoms with Crippen LogP contribution < -0.4 is 5.32 Å². The predicted octanol–water partition coefficient (Wildman–Crippen LogP) is 2.89. The first kappa shape index (κ1) is 15.0. The molecule has 0 bridgehead atoms. The Bertz CT molecular complexity index is 445. The molecule has 0 aromatic heterocycles. The normalized spacial score (nSPS) is 18.9. The van der Waals surface area contributed by atoms with E-state index in [0.29, 0.717) is 6.04 Å². The fourth-order valence-electron chi connectivity index (χ4n) is 3.18. The van der Waals surface area contributed by atoms with Crippen molar-refractivity contribution in [2.75, 3.05) is 20.6 Å². The molecule has 0 amide bonds. The molecule has 1 unspecified atom stereocenters. The van der Waals surface area contributed by atoms with E-state index in [0.717, 1.165) is 18.5 Å². The Labute approximate surface area is 122 Å². The molecule has 1 aromatic carbocycles. The second-order valence-electron chi connectivity index (χ2n) is 5.80. The molecule has 3 nitrogen and oxygen atoms in total. The third kappa shape index (κ3) is 3.20. The summed E-state index contributed by atoms with van der Waals surface area (Å²) < 4.78 is 0. The van der Waals surface area contributed by atoms with Crippen LogP contribution in [0.15, 0.2) is 30.3 Å². The Morgan fingerprint density at radius 3 is 2.50 bits per heavy atom. The average molecular weight is 271 g/mol. The van der Waals surface area contributed by atoms with Crippen LogP contribution in [0, 0.1) is 11.3 Å². The Morgan fingerprint density at radius 2 is 1.95 bits per heavy atom. The first-order valence-corrected chi connectivity index (χ1v) is 7.58. The molecular weight excluding hydrogens is 246 g/mol. The fraction of sp³-hybridized carbons (Fsp3) is 0.588. The highest BCUT2D eigenvalue weighted by Gasteiger charge is 2.31. The van der Waals surface area contributed by atoms with Crippen molar-refractivity contribution in [2.24, 2.45) is 0 Å². The van der Waals surface area contributed by atoms with Crippen LogP contribution in [0.3, 0.4) is 0 Å². The minimum Gasteiger partial charge on any atom is -0.303 e. The Morgan fingerprint density at radius 1 is 1.30 bits per heavy atom. The quantitative estimate of drug-likeness (QED) is 0.864. The van der Waals surface area contributed by atoms with Gasteiger partial charge in [0.05, 0.1) is 6.07 Å². The number of nitrogens with one attached hydrogen (secondary N) is 1. The van der Waals surface area contributed by atoms with Crippen molar-refractivity contribution < 1.29 is 0 Å². The van der Waals surface area contributed by atoms with E-state index in [9.17, 15) is 5.26 Å². The zero-order valence-electron chi connectivity index (χ0n) is 12.6. The van der Waals surface area contributed by atoms with Crippen LogP contribution in [-0.2, 0) is 5.54 Å². The highest BCUT2D eigenvalue weighted by atomic mass is 15.1. The highest BCUT2D eigenvalue weighted by molar-refractivity contribution is 5.31. The topological polar surface area (TPSA) is 39.1 Å². The van der Waals surface area contributed by atoms with Crippen LogP contribution in [0.5, 0.6) is 0 Å². The van der Waals surface area contributed by atoms with Crippen molar-refractivity contribution in [1.82, 2.24) is 10.2 Å². The summed E-state index contributed by atoms with van der Waals surface area (Å²) in [5.74, 6) is 0. The minimum atomic E-state index is -0.575. The fourth-order valence-corrected chi connectivity index (χ4v) is 3.18. The molecule has 20 heavy (non-hydrogen) atoms. The maximum absolute atomic E-state index is 9.68. The number of benzene rings is 1. The van der Waals surface area contributed by atoms with Crippen LogP contribution in [0.25, 0.3) is 0 Å². The molecule has 0 radical (unpaired) electrons. The molecule has 0 heterocycles. The summed E-state index contributed by atoms with van der Waals surface area (Å²) >= 11 is 0. The Kier molecular flexibility index (Phi) is 5.17. The zero-order valence-corrected chi connectivity index (χ0v) is 12.6. The summed E-state index contributed by atoms with van der Waals surface area (Å²) in [7, 11) is 4.07. The van der Waals surface area contributed by atoms with Crippen molar-refractivity contribution in [3.05, 3.63) is 35.9 Å². The van der Waals surface area contributed by atoms with Gasteiger partial charge in [-0.25, -0.2) is 0 Å². The van der Waals surface area contributed by atoms with Gasteiger partial charge in [-0.05, 0) is 38.9 Å². The largest absolute Gasteiger partial charge is 0.303 e. The lowest BCUT2D eigenvalue weighted by Crippen LogP contribution is -2.42. The first-order chi connectivity index (χ1) is 9.72. The third-order valence-corrected chi connectivity index (χ3v) is 4.67. The Balaban J connectivity index is 2.04. The maximum Gasteiger partial charge on any atom is 0.133 e. The van der Waals surface area contributed by atoms with Gasteiger partial charge in [0.1, 0.15) is 5.54 Å². The lowest BCUT2D eigenvalue weighted by molar-refractivity contribution is 0.221. The smallest absolute Gasteiger partial charge is 0.133 e. The van der Waals surface area contributed by atoms with Gasteiger partial charge in [0.15, 0.2) is 0 Å². The van der Waals surface area contributed by atoms with Gasteiger partial charge in [-0.1, -0.05) is 43.2 Å². The molecule has 0 spiro atoms. The summed E-state index contributed by atoms with van der Waals surface area (Å²) in [4.78, 5) is 2.43. The van der Waals surface area contributed by atoms with Crippen LogP contribution in [0.2, 0.25) is 0 Å². The molecule has 1 N–H and O–H groups in total. The first-order valence-electron chi connectivity index (χ1n) is 7.58. The van der Waals surface area contributed by atoms with E-state index in [1.165, 1.54) is 25.7 Å². The van der Waals surface area contributed by atoms with Gasteiger partial charge in [0.25, 0.3) is 0 Å². The van der Waals surface area contributed by atoms with E-state index in [4.69, 9.17) is 0 Å². The van der Waals surface area contributed by atoms with Gasteiger partial charge in [-0.2, -0.15) is 5.26 Å². The molecule has 1 aliphatic carbocycles. The van der Waals surface area contributed by atoms with Gasteiger partial charge in [0, 0.05) is 12.6 Å². The van der Waals surface area contributed by atoms with E-state index >= 15 is 0 Å². The summed E-state index contributed by atoms with van der Waals surface area (Å²) in [5.41, 5.74) is 0.485. The van der Waals surface area contributed by atoms with Crippen molar-refractivity contribution in [1.29, 1.82) is 5.26 Å². The van der Waals surface area contributed by atoms with Gasteiger partial charge in [-0.3, -0.25) is 5.32 Å². The van der Waals surface area contributed by atoms with E-state index < -0.39 is 5.54 Å². The molecule has 1 saturated carbocycles. The van der Waals surface area contributed by atoms with E-state index in [2.05, 4.69) is 23.3 Å². The lowest BCUT2D eigenvalue weighted by Gasteiger charge is -2.31. The van der Waals surface area contributed by atoms with Crippen LogP contribution >= 0.6 is 0 Å². The summed E-state index contributed by atoms with van der Waals surface area (Å²) in [6.07, 6.45) is 6.13. The molecule has 108 valence electrons.